The normalized spacial score (nSPS) is 13.3. The number of esters is 2. The number of ether oxygens (including phenoxy) is 2. The first-order valence-electron chi connectivity index (χ1n) is 5.48. The van der Waals surface area contributed by atoms with E-state index in [0.717, 1.165) is 14.2 Å². The fourth-order valence-corrected chi connectivity index (χ4v) is 1.65. The third-order valence-electron chi connectivity index (χ3n) is 2.63. The van der Waals surface area contributed by atoms with Gasteiger partial charge in [0.25, 0.3) is 0 Å². The van der Waals surface area contributed by atoms with Gasteiger partial charge in [0.05, 0.1) is 14.2 Å². The van der Waals surface area contributed by atoms with Crippen LogP contribution in [0.3, 0.4) is 0 Å². The van der Waals surface area contributed by atoms with Gasteiger partial charge >= 0.3 is 11.9 Å². The molecule has 0 saturated carbocycles. The maximum atomic E-state index is 11.6. The van der Waals surface area contributed by atoms with E-state index in [0.29, 0.717) is 0 Å². The Balaban J connectivity index is 5.28. The first kappa shape index (κ1) is 16.9. The van der Waals surface area contributed by atoms with Gasteiger partial charge in [-0.05, 0) is 0 Å². The van der Waals surface area contributed by atoms with Crippen molar-refractivity contribution in [3.8, 4) is 0 Å². The van der Waals surface area contributed by atoms with Crippen molar-refractivity contribution >= 4 is 23.8 Å². The molecule has 2 amide bonds. The van der Waals surface area contributed by atoms with Crippen molar-refractivity contribution in [2.75, 3.05) is 14.2 Å². The van der Waals surface area contributed by atoms with Gasteiger partial charge in [0.1, 0.15) is 6.04 Å². The van der Waals surface area contributed by atoms with Crippen LogP contribution in [-0.2, 0) is 28.7 Å². The predicted octanol–water partition coefficient (Wildman–Crippen LogP) is -1.43. The van der Waals surface area contributed by atoms with Crippen LogP contribution in [0.1, 0.15) is 13.8 Å². The molecule has 0 aliphatic rings. The molecule has 0 heterocycles. The maximum Gasteiger partial charge on any atom is 0.320 e. The molecular weight excluding hydrogens is 256 g/mol. The number of carbonyl (C=O) groups excluding carboxylic acids is 4. The Labute approximate surface area is 110 Å². The van der Waals surface area contributed by atoms with E-state index in [9.17, 15) is 19.2 Å². The van der Waals surface area contributed by atoms with E-state index in [1.54, 1.807) is 0 Å². The van der Waals surface area contributed by atoms with Crippen molar-refractivity contribution in [3.05, 3.63) is 0 Å². The fourth-order valence-electron chi connectivity index (χ4n) is 1.65. The smallest absolute Gasteiger partial charge is 0.320 e. The Morgan fingerprint density at radius 1 is 1.05 bits per heavy atom. The molecule has 0 spiro atoms. The number of primary amides is 1. The quantitative estimate of drug-likeness (QED) is 0.452. The zero-order valence-corrected chi connectivity index (χ0v) is 11.3. The maximum absolute atomic E-state index is 11.6. The topological polar surface area (TPSA) is 125 Å². The molecule has 8 heteroatoms. The second kappa shape index (κ2) is 7.34. The van der Waals surface area contributed by atoms with Crippen LogP contribution in [0, 0.1) is 11.8 Å². The van der Waals surface area contributed by atoms with Crippen LogP contribution in [0.5, 0.6) is 0 Å². The molecule has 0 aliphatic heterocycles. The van der Waals surface area contributed by atoms with Gasteiger partial charge in [-0.15, -0.1) is 0 Å². The Bertz CT molecular complexity index is 365. The molecule has 0 radical (unpaired) electrons. The first-order chi connectivity index (χ1) is 8.76. The van der Waals surface area contributed by atoms with Crippen LogP contribution in [0.2, 0.25) is 0 Å². The Morgan fingerprint density at radius 3 is 1.74 bits per heavy atom. The van der Waals surface area contributed by atoms with Crippen LogP contribution in [0.15, 0.2) is 0 Å². The summed E-state index contributed by atoms with van der Waals surface area (Å²) in [6.45, 7) is 2.61. The standard InChI is InChI=1S/C11H18N2O6/c1-5(8(9(12)15)13-6(2)14)7(10(16)18-3)11(17)19-4/h5,7-8H,1-4H3,(H2,12,15)(H,13,14)/t5-,8+/m1/s1. The molecule has 0 saturated heterocycles. The van der Waals surface area contributed by atoms with Crippen molar-refractivity contribution in [1.82, 2.24) is 5.32 Å². The Hall–Kier alpha value is -2.12. The second-order valence-electron chi connectivity index (χ2n) is 3.96. The van der Waals surface area contributed by atoms with Gasteiger partial charge in [-0.1, -0.05) is 6.92 Å². The molecule has 0 fully saturated rings. The third kappa shape index (κ3) is 4.57. The molecule has 0 aromatic heterocycles. The van der Waals surface area contributed by atoms with Crippen LogP contribution in [0.4, 0.5) is 0 Å². The Kier molecular flexibility index (Phi) is 6.53. The summed E-state index contributed by atoms with van der Waals surface area (Å²) in [5, 5.41) is 2.29. The van der Waals surface area contributed by atoms with E-state index in [1.165, 1.54) is 13.8 Å². The van der Waals surface area contributed by atoms with Crippen molar-refractivity contribution in [3.63, 3.8) is 0 Å². The van der Waals surface area contributed by atoms with Gasteiger partial charge in [0.15, 0.2) is 5.92 Å². The summed E-state index contributed by atoms with van der Waals surface area (Å²) in [6.07, 6.45) is 0. The third-order valence-corrected chi connectivity index (χ3v) is 2.63. The highest BCUT2D eigenvalue weighted by Gasteiger charge is 2.40. The van der Waals surface area contributed by atoms with Gasteiger partial charge in [-0.2, -0.15) is 0 Å². The van der Waals surface area contributed by atoms with E-state index in [1.807, 2.05) is 0 Å². The lowest BCUT2D eigenvalue weighted by atomic mass is 9.87. The number of carbonyl (C=O) groups is 4. The molecule has 2 atom stereocenters. The lowest BCUT2D eigenvalue weighted by molar-refractivity contribution is -0.162. The number of methoxy groups -OCH3 is 2. The summed E-state index contributed by atoms with van der Waals surface area (Å²) < 4.78 is 8.97. The van der Waals surface area contributed by atoms with Crippen molar-refractivity contribution in [1.29, 1.82) is 0 Å². The van der Waals surface area contributed by atoms with E-state index in [-0.39, 0.29) is 0 Å². The lowest BCUT2D eigenvalue weighted by Gasteiger charge is -2.26. The van der Waals surface area contributed by atoms with Gasteiger partial charge in [-0.25, -0.2) is 0 Å². The van der Waals surface area contributed by atoms with Crippen LogP contribution < -0.4 is 11.1 Å². The molecule has 3 N–H and O–H groups in total. The average molecular weight is 274 g/mol. The number of nitrogens with one attached hydrogen (secondary N) is 1. The molecule has 0 rings (SSSR count). The highest BCUT2D eigenvalue weighted by Crippen LogP contribution is 2.19. The summed E-state index contributed by atoms with van der Waals surface area (Å²) in [5.74, 6) is -5.35. The number of hydrogen-bond donors (Lipinski definition) is 2. The molecular formula is C11H18N2O6. The second-order valence-corrected chi connectivity index (χ2v) is 3.96. The number of hydrogen-bond acceptors (Lipinski definition) is 6. The number of rotatable bonds is 6. The van der Waals surface area contributed by atoms with Crippen molar-refractivity contribution in [2.24, 2.45) is 17.6 Å². The molecule has 0 bridgehead atoms. The summed E-state index contributed by atoms with van der Waals surface area (Å²) in [5.41, 5.74) is 5.15. The van der Waals surface area contributed by atoms with Gasteiger partial charge < -0.3 is 20.5 Å². The monoisotopic (exact) mass is 274 g/mol. The number of nitrogens with two attached hydrogens (primary N) is 1. The van der Waals surface area contributed by atoms with Crippen molar-refractivity contribution in [2.45, 2.75) is 19.9 Å². The minimum absolute atomic E-state index is 0.510. The zero-order chi connectivity index (χ0) is 15.2. The molecule has 8 nitrogen and oxygen atoms in total. The molecule has 0 aliphatic carbocycles. The van der Waals surface area contributed by atoms with E-state index in [2.05, 4.69) is 14.8 Å². The van der Waals surface area contributed by atoms with Gasteiger partial charge in [-0.3, -0.25) is 19.2 Å². The molecule has 0 aromatic rings. The minimum Gasteiger partial charge on any atom is -0.468 e. The van der Waals surface area contributed by atoms with Crippen LogP contribution in [0.25, 0.3) is 0 Å². The number of amides is 2. The summed E-state index contributed by atoms with van der Waals surface area (Å²) >= 11 is 0. The average Bonchev–Trinajstić information content (AvgIpc) is 2.34. The highest BCUT2D eigenvalue weighted by molar-refractivity contribution is 5.96. The summed E-state index contributed by atoms with van der Waals surface area (Å²) in [7, 11) is 2.20. The van der Waals surface area contributed by atoms with Crippen LogP contribution >= 0.6 is 0 Å². The summed E-state index contributed by atoms with van der Waals surface area (Å²) in [6, 6.07) is -1.18. The van der Waals surface area contributed by atoms with E-state index < -0.39 is 41.6 Å². The lowest BCUT2D eigenvalue weighted by Crippen LogP contribution is -2.52. The minimum atomic E-state index is -1.35. The van der Waals surface area contributed by atoms with E-state index >= 15 is 0 Å². The molecule has 0 unspecified atom stereocenters. The van der Waals surface area contributed by atoms with Crippen molar-refractivity contribution < 1.29 is 28.7 Å². The fraction of sp³-hybridized carbons (Fsp3) is 0.636. The summed E-state index contributed by atoms with van der Waals surface area (Å²) in [4.78, 5) is 45.5. The zero-order valence-electron chi connectivity index (χ0n) is 11.3. The molecule has 108 valence electrons. The van der Waals surface area contributed by atoms with Gasteiger partial charge in [0.2, 0.25) is 11.8 Å². The molecule has 0 aromatic carbocycles. The molecule has 19 heavy (non-hydrogen) atoms. The largest absolute Gasteiger partial charge is 0.468 e. The Morgan fingerprint density at radius 2 is 1.47 bits per heavy atom. The highest BCUT2D eigenvalue weighted by atomic mass is 16.5. The van der Waals surface area contributed by atoms with E-state index in [4.69, 9.17) is 5.73 Å². The SMILES string of the molecule is COC(=O)C(C(=O)OC)[C@@H](C)[C@H](NC(C)=O)C(N)=O. The van der Waals surface area contributed by atoms with Crippen LogP contribution in [-0.4, -0.2) is 44.0 Å². The predicted molar refractivity (Wildman–Crippen MR) is 63.5 cm³/mol. The first-order valence-corrected chi connectivity index (χ1v) is 5.48. The van der Waals surface area contributed by atoms with Gasteiger partial charge in [0, 0.05) is 12.8 Å².